The number of halogens is 3. The van der Waals surface area contributed by atoms with Crippen molar-refractivity contribution >= 4 is 28.7 Å². The van der Waals surface area contributed by atoms with Crippen LogP contribution in [0.15, 0.2) is 67.5 Å². The normalized spacial score (nSPS) is 15.7. The van der Waals surface area contributed by atoms with Gasteiger partial charge in [-0.3, -0.25) is 9.59 Å². The number of rotatable bonds is 6. The minimum atomic E-state index is -4.53. The lowest BCUT2D eigenvalue weighted by atomic mass is 10.1. The molecule has 1 aliphatic rings. The van der Waals surface area contributed by atoms with Crippen LogP contribution in [0.25, 0.3) is 22.3 Å². The average molecular weight is 550 g/mol. The molecule has 9 nitrogen and oxygen atoms in total. The molecule has 0 radical (unpaired) electrons. The van der Waals surface area contributed by atoms with Crippen molar-refractivity contribution in [3.05, 3.63) is 84.2 Å². The number of fused-ring (bicyclic) bond motifs is 1. The summed E-state index contributed by atoms with van der Waals surface area (Å²) in [5.74, 6) is -0.467. The van der Waals surface area contributed by atoms with Crippen LogP contribution in [0.1, 0.15) is 40.4 Å². The third-order valence-electron chi connectivity index (χ3n) is 6.88. The summed E-state index contributed by atoms with van der Waals surface area (Å²) in [6.45, 7) is 4.81. The lowest BCUT2D eigenvalue weighted by Crippen LogP contribution is -2.40. The van der Waals surface area contributed by atoms with E-state index in [0.29, 0.717) is 29.8 Å². The van der Waals surface area contributed by atoms with E-state index in [9.17, 15) is 22.8 Å². The second-order valence-corrected chi connectivity index (χ2v) is 9.49. The lowest BCUT2D eigenvalue weighted by molar-refractivity contribution is -0.137. The zero-order valence-corrected chi connectivity index (χ0v) is 21.4. The second-order valence-electron chi connectivity index (χ2n) is 9.49. The number of aromatic nitrogens is 4. The summed E-state index contributed by atoms with van der Waals surface area (Å²) < 4.78 is 40.7. The molecule has 2 aromatic heterocycles. The fourth-order valence-corrected chi connectivity index (χ4v) is 4.84. The summed E-state index contributed by atoms with van der Waals surface area (Å²) in [6.07, 6.45) is -0.227. The van der Waals surface area contributed by atoms with E-state index in [1.165, 1.54) is 24.5 Å². The number of anilines is 1. The number of benzene rings is 2. The highest BCUT2D eigenvalue weighted by Gasteiger charge is 2.31. The first-order valence-electron chi connectivity index (χ1n) is 12.6. The van der Waals surface area contributed by atoms with Gasteiger partial charge < -0.3 is 16.0 Å². The molecule has 2 amide bonds. The van der Waals surface area contributed by atoms with Crippen LogP contribution in [-0.4, -0.2) is 49.6 Å². The maximum atomic E-state index is 13.0. The molecule has 1 fully saturated rings. The average Bonchev–Trinajstić information content (AvgIpc) is 3.36. The second kappa shape index (κ2) is 10.8. The van der Waals surface area contributed by atoms with E-state index in [0.717, 1.165) is 36.1 Å². The van der Waals surface area contributed by atoms with Crippen molar-refractivity contribution in [2.75, 3.05) is 18.8 Å². The molecule has 206 valence electrons. The zero-order chi connectivity index (χ0) is 28.4. The standard InChI is InChI=1S/C28H26F3N7O2/c1-2-22(39)37-12-4-7-21(15-37)38-26-23(25(32)34-16-35-26)24(36-38)18-10-8-17(9-11-18)14-33-27(40)19-5-3-6-20(13-19)28(29,30)31/h2-3,5-6,8-11,13,16,21H,1,4,7,12,14-15H2,(H,33,40)(H2,32,34,35). The third kappa shape index (κ3) is 5.37. The van der Waals surface area contributed by atoms with Crippen LogP contribution in [0.3, 0.4) is 0 Å². The smallest absolute Gasteiger partial charge is 0.383 e. The Bertz CT molecular complexity index is 1580. The largest absolute Gasteiger partial charge is 0.416 e. The van der Waals surface area contributed by atoms with Crippen LogP contribution in [0, 0.1) is 0 Å². The molecular formula is C28H26F3N7O2. The molecule has 0 saturated carbocycles. The maximum absolute atomic E-state index is 13.0. The van der Waals surface area contributed by atoms with E-state index < -0.39 is 17.6 Å². The number of alkyl halides is 3. The number of nitrogen functional groups attached to an aromatic ring is 1. The number of carbonyl (C=O) groups is 2. The predicted molar refractivity (Wildman–Crippen MR) is 143 cm³/mol. The lowest BCUT2D eigenvalue weighted by Gasteiger charge is -2.32. The number of hydrogen-bond donors (Lipinski definition) is 2. The molecule has 40 heavy (non-hydrogen) atoms. The van der Waals surface area contributed by atoms with E-state index in [2.05, 4.69) is 21.9 Å². The van der Waals surface area contributed by atoms with E-state index in [4.69, 9.17) is 10.8 Å². The molecule has 1 unspecified atom stereocenters. The van der Waals surface area contributed by atoms with Gasteiger partial charge in [-0.25, -0.2) is 14.6 Å². The Kier molecular flexibility index (Phi) is 7.24. The summed E-state index contributed by atoms with van der Waals surface area (Å²) in [4.78, 5) is 35.0. The Labute approximate surface area is 227 Å². The van der Waals surface area contributed by atoms with Crippen LogP contribution in [0.5, 0.6) is 0 Å². The Hall–Kier alpha value is -4.74. The summed E-state index contributed by atoms with van der Waals surface area (Å²) in [5.41, 5.74) is 7.91. The Balaban J connectivity index is 1.36. The van der Waals surface area contributed by atoms with Gasteiger partial charge in [-0.05, 0) is 42.7 Å². The molecule has 5 rings (SSSR count). The van der Waals surface area contributed by atoms with Crippen molar-refractivity contribution in [2.45, 2.75) is 31.6 Å². The molecule has 1 saturated heterocycles. The van der Waals surface area contributed by atoms with E-state index in [1.807, 2.05) is 12.1 Å². The van der Waals surface area contributed by atoms with E-state index in [1.54, 1.807) is 21.7 Å². The molecule has 2 aromatic carbocycles. The summed E-state index contributed by atoms with van der Waals surface area (Å²) in [7, 11) is 0. The highest BCUT2D eigenvalue weighted by Crippen LogP contribution is 2.34. The van der Waals surface area contributed by atoms with Crippen molar-refractivity contribution in [2.24, 2.45) is 0 Å². The summed E-state index contributed by atoms with van der Waals surface area (Å²) in [6, 6.07) is 11.4. The van der Waals surface area contributed by atoms with Gasteiger partial charge in [-0.15, -0.1) is 0 Å². The first kappa shape index (κ1) is 26.9. The molecular weight excluding hydrogens is 523 g/mol. The van der Waals surface area contributed by atoms with Gasteiger partial charge in [-0.2, -0.15) is 18.3 Å². The highest BCUT2D eigenvalue weighted by atomic mass is 19.4. The number of likely N-dealkylation sites (tertiary alicyclic amines) is 1. The molecule has 12 heteroatoms. The van der Waals surface area contributed by atoms with Gasteiger partial charge in [0.2, 0.25) is 5.91 Å². The Morgan fingerprint density at radius 2 is 1.93 bits per heavy atom. The maximum Gasteiger partial charge on any atom is 0.416 e. The van der Waals surface area contributed by atoms with Crippen LogP contribution >= 0.6 is 0 Å². The highest BCUT2D eigenvalue weighted by molar-refractivity contribution is 5.98. The van der Waals surface area contributed by atoms with Crippen LogP contribution < -0.4 is 11.1 Å². The summed E-state index contributed by atoms with van der Waals surface area (Å²) in [5, 5.41) is 8.09. The van der Waals surface area contributed by atoms with Gasteiger partial charge in [0, 0.05) is 30.8 Å². The SMILES string of the molecule is C=CC(=O)N1CCCC(n2nc(-c3ccc(CNC(=O)c4cccc(C(F)(F)F)c4)cc3)c3c(N)ncnc32)C1. The topological polar surface area (TPSA) is 119 Å². The van der Waals surface area contributed by atoms with E-state index in [-0.39, 0.29) is 29.9 Å². The Morgan fingerprint density at radius 3 is 2.65 bits per heavy atom. The number of hydrogen-bond acceptors (Lipinski definition) is 6. The number of piperidine rings is 1. The zero-order valence-electron chi connectivity index (χ0n) is 21.4. The van der Waals surface area contributed by atoms with Gasteiger partial charge in [0.1, 0.15) is 17.8 Å². The van der Waals surface area contributed by atoms with Crippen molar-refractivity contribution in [3.8, 4) is 11.3 Å². The van der Waals surface area contributed by atoms with Gasteiger partial charge in [-0.1, -0.05) is 36.9 Å². The fraction of sp³-hybridized carbons (Fsp3) is 0.250. The molecule has 3 heterocycles. The Morgan fingerprint density at radius 1 is 1.15 bits per heavy atom. The van der Waals surface area contributed by atoms with Crippen LogP contribution in [-0.2, 0) is 17.5 Å². The molecule has 4 aromatic rings. The van der Waals surface area contributed by atoms with Crippen molar-refractivity contribution in [3.63, 3.8) is 0 Å². The number of amides is 2. The van der Waals surface area contributed by atoms with Gasteiger partial charge in [0.25, 0.3) is 5.91 Å². The minimum absolute atomic E-state index is 0.0741. The third-order valence-corrected chi connectivity index (χ3v) is 6.88. The number of nitrogens with one attached hydrogen (secondary N) is 1. The van der Waals surface area contributed by atoms with Gasteiger partial charge in [0.05, 0.1) is 17.0 Å². The van der Waals surface area contributed by atoms with Gasteiger partial charge >= 0.3 is 6.18 Å². The first-order valence-corrected chi connectivity index (χ1v) is 12.6. The quantitative estimate of drug-likeness (QED) is 0.345. The van der Waals surface area contributed by atoms with Gasteiger partial charge in [0.15, 0.2) is 5.65 Å². The number of nitrogens with two attached hydrogens (primary N) is 1. The monoisotopic (exact) mass is 549 g/mol. The molecule has 0 bridgehead atoms. The molecule has 0 aliphatic carbocycles. The van der Waals surface area contributed by atoms with E-state index >= 15 is 0 Å². The fourth-order valence-electron chi connectivity index (χ4n) is 4.84. The predicted octanol–water partition coefficient (Wildman–Crippen LogP) is 4.37. The number of nitrogens with zero attached hydrogens (tertiary/aromatic N) is 5. The number of carbonyl (C=O) groups excluding carboxylic acids is 2. The van der Waals surface area contributed by atoms with Crippen molar-refractivity contribution in [1.82, 2.24) is 30.0 Å². The van der Waals surface area contributed by atoms with Crippen molar-refractivity contribution < 1.29 is 22.8 Å². The first-order chi connectivity index (χ1) is 19.2. The van der Waals surface area contributed by atoms with Crippen LogP contribution in [0.4, 0.5) is 19.0 Å². The molecule has 1 aliphatic heterocycles. The van der Waals surface area contributed by atoms with Crippen molar-refractivity contribution in [1.29, 1.82) is 0 Å². The molecule has 1 atom stereocenters. The summed E-state index contributed by atoms with van der Waals surface area (Å²) >= 11 is 0. The molecule has 3 N–H and O–H groups in total. The van der Waals surface area contributed by atoms with Crippen LogP contribution in [0.2, 0.25) is 0 Å². The minimum Gasteiger partial charge on any atom is -0.383 e. The molecule has 0 spiro atoms.